The van der Waals surface area contributed by atoms with Crippen LogP contribution in [0.4, 0.5) is 0 Å². The first kappa shape index (κ1) is 16.5. The van der Waals surface area contributed by atoms with Crippen molar-refractivity contribution in [2.45, 2.75) is 45.7 Å². The summed E-state index contributed by atoms with van der Waals surface area (Å²) in [5.41, 5.74) is 9.62. The minimum absolute atomic E-state index is 0.166. The van der Waals surface area contributed by atoms with E-state index in [2.05, 4.69) is 23.8 Å². The average molecular weight is 319 g/mol. The second kappa shape index (κ2) is 6.61. The predicted octanol–water partition coefficient (Wildman–Crippen LogP) is 0.809. The lowest BCUT2D eigenvalue weighted by molar-refractivity contribution is -0.137. The highest BCUT2D eigenvalue weighted by atomic mass is 16.2. The fraction of sp³-hybridized carbons (Fsp3) is 0.765. The number of rotatable bonds is 3. The molecule has 2 N–H and O–H groups in total. The molecule has 1 saturated carbocycles. The van der Waals surface area contributed by atoms with E-state index in [1.54, 1.807) is 0 Å². The van der Waals surface area contributed by atoms with Crippen molar-refractivity contribution in [1.29, 1.82) is 0 Å². The van der Waals surface area contributed by atoms with E-state index in [4.69, 9.17) is 5.73 Å². The molecule has 0 spiro atoms. The van der Waals surface area contributed by atoms with Gasteiger partial charge in [-0.2, -0.15) is 5.10 Å². The number of carbonyl (C=O) groups excluding carboxylic acids is 1. The molecule has 2 atom stereocenters. The van der Waals surface area contributed by atoms with Gasteiger partial charge in [-0.1, -0.05) is 0 Å². The molecule has 2 heterocycles. The minimum Gasteiger partial charge on any atom is -0.340 e. The molecule has 1 aromatic rings. The van der Waals surface area contributed by atoms with Crippen LogP contribution < -0.4 is 5.73 Å². The van der Waals surface area contributed by atoms with Gasteiger partial charge in [-0.05, 0) is 33.1 Å². The Morgan fingerprint density at radius 2 is 1.91 bits per heavy atom. The SMILES string of the molecule is Cc1nn(C)c(C)c1CN1CCN(C(=O)C2CCC(N)C2)CC1. The average Bonchev–Trinajstić information content (AvgIpc) is 3.06. The molecule has 128 valence electrons. The van der Waals surface area contributed by atoms with E-state index >= 15 is 0 Å². The zero-order chi connectivity index (χ0) is 16.6. The van der Waals surface area contributed by atoms with Gasteiger partial charge in [-0.3, -0.25) is 14.4 Å². The molecule has 3 rings (SSSR count). The van der Waals surface area contributed by atoms with Crippen molar-refractivity contribution in [1.82, 2.24) is 19.6 Å². The van der Waals surface area contributed by atoms with Gasteiger partial charge in [-0.15, -0.1) is 0 Å². The molecule has 1 amide bonds. The summed E-state index contributed by atoms with van der Waals surface area (Å²) < 4.78 is 1.95. The fourth-order valence-electron chi connectivity index (χ4n) is 3.90. The minimum atomic E-state index is 0.166. The van der Waals surface area contributed by atoms with Gasteiger partial charge in [0.25, 0.3) is 0 Å². The summed E-state index contributed by atoms with van der Waals surface area (Å²) in [6, 6.07) is 0.224. The largest absolute Gasteiger partial charge is 0.340 e. The summed E-state index contributed by atoms with van der Waals surface area (Å²) in [4.78, 5) is 17.0. The molecule has 23 heavy (non-hydrogen) atoms. The van der Waals surface area contributed by atoms with Crippen LogP contribution in [-0.2, 0) is 18.4 Å². The third-order valence-corrected chi connectivity index (χ3v) is 5.55. The Kier molecular flexibility index (Phi) is 4.73. The lowest BCUT2D eigenvalue weighted by Crippen LogP contribution is -2.49. The van der Waals surface area contributed by atoms with Crippen molar-refractivity contribution in [3.8, 4) is 0 Å². The number of aryl methyl sites for hydroxylation is 2. The Hall–Kier alpha value is -1.40. The van der Waals surface area contributed by atoms with Crippen LogP contribution in [0.15, 0.2) is 0 Å². The van der Waals surface area contributed by atoms with E-state index in [1.165, 1.54) is 11.3 Å². The highest BCUT2D eigenvalue weighted by Crippen LogP contribution is 2.26. The van der Waals surface area contributed by atoms with Crippen molar-refractivity contribution < 1.29 is 4.79 Å². The smallest absolute Gasteiger partial charge is 0.225 e. The van der Waals surface area contributed by atoms with Crippen molar-refractivity contribution in [3.05, 3.63) is 17.0 Å². The van der Waals surface area contributed by atoms with Gasteiger partial charge in [0.05, 0.1) is 5.69 Å². The number of aromatic nitrogens is 2. The third-order valence-electron chi connectivity index (χ3n) is 5.55. The lowest BCUT2D eigenvalue weighted by atomic mass is 10.1. The van der Waals surface area contributed by atoms with Crippen LogP contribution in [0.25, 0.3) is 0 Å². The monoisotopic (exact) mass is 319 g/mol. The number of nitrogens with zero attached hydrogens (tertiary/aromatic N) is 4. The highest BCUT2D eigenvalue weighted by molar-refractivity contribution is 5.79. The number of amides is 1. The Balaban J connectivity index is 1.53. The summed E-state index contributed by atoms with van der Waals surface area (Å²) in [5.74, 6) is 0.491. The zero-order valence-corrected chi connectivity index (χ0v) is 14.6. The second-order valence-corrected chi connectivity index (χ2v) is 7.14. The van der Waals surface area contributed by atoms with Crippen LogP contribution in [0, 0.1) is 19.8 Å². The maximum atomic E-state index is 12.6. The van der Waals surface area contributed by atoms with Crippen LogP contribution in [0.5, 0.6) is 0 Å². The maximum Gasteiger partial charge on any atom is 0.225 e. The second-order valence-electron chi connectivity index (χ2n) is 7.14. The van der Waals surface area contributed by atoms with Crippen LogP contribution in [0.1, 0.15) is 36.2 Å². The Labute approximate surface area is 138 Å². The Bertz CT molecular complexity index is 574. The van der Waals surface area contributed by atoms with E-state index in [0.29, 0.717) is 5.91 Å². The molecule has 6 heteroatoms. The summed E-state index contributed by atoms with van der Waals surface area (Å²) in [6.45, 7) is 8.69. The third kappa shape index (κ3) is 3.43. The summed E-state index contributed by atoms with van der Waals surface area (Å²) in [7, 11) is 1.99. The van der Waals surface area contributed by atoms with Gasteiger partial charge in [0, 0.05) is 63.0 Å². The zero-order valence-electron chi connectivity index (χ0n) is 14.6. The highest BCUT2D eigenvalue weighted by Gasteiger charge is 2.32. The molecule has 6 nitrogen and oxygen atoms in total. The van der Waals surface area contributed by atoms with Crippen LogP contribution in [0.2, 0.25) is 0 Å². The fourth-order valence-corrected chi connectivity index (χ4v) is 3.90. The van der Waals surface area contributed by atoms with E-state index in [9.17, 15) is 4.79 Å². The van der Waals surface area contributed by atoms with Crippen LogP contribution >= 0.6 is 0 Å². The molecule has 2 aliphatic rings. The normalized spacial score (nSPS) is 26.0. The molecular formula is C17H29N5O. The molecule has 1 saturated heterocycles. The van der Waals surface area contributed by atoms with Crippen molar-refractivity contribution >= 4 is 5.91 Å². The van der Waals surface area contributed by atoms with Gasteiger partial charge in [0.2, 0.25) is 5.91 Å². The number of hydrogen-bond acceptors (Lipinski definition) is 4. The van der Waals surface area contributed by atoms with E-state index in [1.807, 2.05) is 16.6 Å². The van der Waals surface area contributed by atoms with E-state index in [-0.39, 0.29) is 12.0 Å². The molecule has 0 radical (unpaired) electrons. The summed E-state index contributed by atoms with van der Waals surface area (Å²) in [5, 5.41) is 4.49. The number of piperazine rings is 1. The van der Waals surface area contributed by atoms with Crippen LogP contribution in [0.3, 0.4) is 0 Å². The summed E-state index contributed by atoms with van der Waals surface area (Å²) >= 11 is 0. The Morgan fingerprint density at radius 1 is 1.22 bits per heavy atom. The summed E-state index contributed by atoms with van der Waals surface area (Å²) in [6.07, 6.45) is 2.83. The van der Waals surface area contributed by atoms with Gasteiger partial charge >= 0.3 is 0 Å². The van der Waals surface area contributed by atoms with Crippen molar-refractivity contribution in [3.63, 3.8) is 0 Å². The molecule has 1 aliphatic heterocycles. The quantitative estimate of drug-likeness (QED) is 0.895. The standard InChI is InChI=1S/C17H29N5O/c1-12-16(13(2)20(3)19-12)11-21-6-8-22(9-7-21)17(23)14-4-5-15(18)10-14/h14-15H,4-11,18H2,1-3H3. The molecule has 2 unspecified atom stereocenters. The van der Waals surface area contributed by atoms with Crippen molar-refractivity contribution in [2.75, 3.05) is 26.2 Å². The van der Waals surface area contributed by atoms with Gasteiger partial charge < -0.3 is 10.6 Å². The molecular weight excluding hydrogens is 290 g/mol. The molecule has 2 fully saturated rings. The number of hydrogen-bond donors (Lipinski definition) is 1. The first-order valence-electron chi connectivity index (χ1n) is 8.71. The number of carbonyl (C=O) groups is 1. The predicted molar refractivity (Wildman–Crippen MR) is 89.9 cm³/mol. The maximum absolute atomic E-state index is 12.6. The topological polar surface area (TPSA) is 67.4 Å². The van der Waals surface area contributed by atoms with Gasteiger partial charge in [-0.25, -0.2) is 0 Å². The molecule has 0 aromatic carbocycles. The lowest BCUT2D eigenvalue weighted by Gasteiger charge is -2.36. The first-order chi connectivity index (χ1) is 11.0. The first-order valence-corrected chi connectivity index (χ1v) is 8.71. The van der Waals surface area contributed by atoms with Crippen molar-refractivity contribution in [2.24, 2.45) is 18.7 Å². The number of nitrogens with two attached hydrogens (primary N) is 1. The Morgan fingerprint density at radius 3 is 2.43 bits per heavy atom. The van der Waals surface area contributed by atoms with Gasteiger partial charge in [0.1, 0.15) is 0 Å². The molecule has 0 bridgehead atoms. The molecule has 1 aromatic heterocycles. The molecule has 1 aliphatic carbocycles. The van der Waals surface area contributed by atoms with E-state index in [0.717, 1.165) is 57.7 Å². The van der Waals surface area contributed by atoms with Gasteiger partial charge in [0.15, 0.2) is 0 Å². The van der Waals surface area contributed by atoms with Crippen LogP contribution in [-0.4, -0.2) is 57.7 Å². The van der Waals surface area contributed by atoms with E-state index < -0.39 is 0 Å².